The van der Waals surface area contributed by atoms with Crippen LogP contribution in [0.2, 0.25) is 0 Å². The number of carbonyl (C=O) groups is 2. The van der Waals surface area contributed by atoms with E-state index in [1.807, 2.05) is 49.4 Å². The molecule has 0 radical (unpaired) electrons. The molecule has 36 heavy (non-hydrogen) atoms. The largest absolute Gasteiger partial charge is 0.494 e. The fourth-order valence-electron chi connectivity index (χ4n) is 3.45. The monoisotopic (exact) mass is 520 g/mol. The molecule has 1 heterocycles. The summed E-state index contributed by atoms with van der Waals surface area (Å²) >= 11 is 6.70. The first-order valence-corrected chi connectivity index (χ1v) is 12.4. The van der Waals surface area contributed by atoms with Gasteiger partial charge in [0.05, 0.1) is 24.3 Å². The molecule has 2 amide bonds. The van der Waals surface area contributed by atoms with Crippen LogP contribution in [0.3, 0.4) is 0 Å². The summed E-state index contributed by atoms with van der Waals surface area (Å²) in [6, 6.07) is 21.6. The minimum absolute atomic E-state index is 0.175. The summed E-state index contributed by atoms with van der Waals surface area (Å²) in [5.41, 5.74) is 2.11. The van der Waals surface area contributed by atoms with Crippen LogP contribution in [-0.2, 0) is 9.59 Å². The standard InChI is InChI=1S/C27H24N2O5S2/c1-3-33-21-12-10-20(11-13-21)29-26(31)24(36-27(29)35)16-18-9-14-22(23(15-18)32-2)34-17-25(30)28-19-7-5-4-6-8-19/h4-16H,3,17H2,1-2H3,(H,28,30)/b24-16-. The molecule has 0 aromatic heterocycles. The number of benzene rings is 3. The maximum atomic E-state index is 13.1. The van der Waals surface area contributed by atoms with E-state index in [9.17, 15) is 9.59 Å². The first-order chi connectivity index (χ1) is 17.5. The van der Waals surface area contributed by atoms with Gasteiger partial charge in [0.15, 0.2) is 22.4 Å². The summed E-state index contributed by atoms with van der Waals surface area (Å²) in [5.74, 6) is 1.10. The Labute approximate surface area is 219 Å². The van der Waals surface area contributed by atoms with Gasteiger partial charge in [-0.2, -0.15) is 0 Å². The molecule has 184 valence electrons. The van der Waals surface area contributed by atoms with Crippen LogP contribution in [0.15, 0.2) is 77.7 Å². The molecule has 0 spiro atoms. The van der Waals surface area contributed by atoms with Crippen molar-refractivity contribution in [2.24, 2.45) is 0 Å². The lowest BCUT2D eigenvalue weighted by molar-refractivity contribution is -0.118. The van der Waals surface area contributed by atoms with Gasteiger partial charge >= 0.3 is 0 Å². The Balaban J connectivity index is 1.44. The smallest absolute Gasteiger partial charge is 0.270 e. The number of thiocarbonyl (C=S) groups is 1. The highest BCUT2D eigenvalue weighted by molar-refractivity contribution is 8.27. The van der Waals surface area contributed by atoms with Gasteiger partial charge in [-0.15, -0.1) is 0 Å². The Morgan fingerprint density at radius 3 is 2.47 bits per heavy atom. The van der Waals surface area contributed by atoms with E-state index in [1.165, 1.54) is 23.8 Å². The zero-order valence-corrected chi connectivity index (χ0v) is 21.4. The van der Waals surface area contributed by atoms with Crippen molar-refractivity contribution in [1.82, 2.24) is 0 Å². The number of hydrogen-bond acceptors (Lipinski definition) is 7. The van der Waals surface area contributed by atoms with Crippen molar-refractivity contribution in [2.45, 2.75) is 6.92 Å². The van der Waals surface area contributed by atoms with Gasteiger partial charge in [-0.25, -0.2) is 0 Å². The molecule has 1 aliphatic heterocycles. The molecular weight excluding hydrogens is 496 g/mol. The highest BCUT2D eigenvalue weighted by Gasteiger charge is 2.33. The number of nitrogens with one attached hydrogen (secondary N) is 1. The van der Waals surface area contributed by atoms with Crippen molar-refractivity contribution in [3.63, 3.8) is 0 Å². The molecule has 3 aromatic rings. The number of carbonyl (C=O) groups excluding carboxylic acids is 2. The van der Waals surface area contributed by atoms with Crippen LogP contribution in [0.5, 0.6) is 17.2 Å². The lowest BCUT2D eigenvalue weighted by Gasteiger charge is -2.15. The van der Waals surface area contributed by atoms with Crippen molar-refractivity contribution in [3.05, 3.63) is 83.3 Å². The van der Waals surface area contributed by atoms with Crippen LogP contribution in [0.25, 0.3) is 6.08 Å². The number of hydrogen-bond donors (Lipinski definition) is 1. The van der Waals surface area contributed by atoms with E-state index in [0.29, 0.717) is 38.7 Å². The fourth-order valence-corrected chi connectivity index (χ4v) is 4.75. The van der Waals surface area contributed by atoms with Crippen LogP contribution in [0, 0.1) is 0 Å². The van der Waals surface area contributed by atoms with Gasteiger partial charge in [0.1, 0.15) is 5.75 Å². The molecule has 1 saturated heterocycles. The third-order valence-corrected chi connectivity index (χ3v) is 6.40. The fraction of sp³-hybridized carbons (Fsp3) is 0.148. The Morgan fingerprint density at radius 2 is 1.78 bits per heavy atom. The Hall–Kier alpha value is -3.82. The average Bonchev–Trinajstić information content (AvgIpc) is 3.16. The summed E-state index contributed by atoms with van der Waals surface area (Å²) in [6.07, 6.45) is 1.75. The third kappa shape index (κ3) is 6.05. The van der Waals surface area contributed by atoms with E-state index in [-0.39, 0.29) is 18.4 Å². The highest BCUT2D eigenvalue weighted by Crippen LogP contribution is 2.37. The quantitative estimate of drug-likeness (QED) is 0.294. The molecule has 7 nitrogen and oxygen atoms in total. The molecule has 0 unspecified atom stereocenters. The number of nitrogens with zero attached hydrogens (tertiary/aromatic N) is 1. The molecule has 0 saturated carbocycles. The molecular formula is C27H24N2O5S2. The van der Waals surface area contributed by atoms with E-state index >= 15 is 0 Å². The predicted molar refractivity (Wildman–Crippen MR) is 147 cm³/mol. The second-order valence-corrected chi connectivity index (χ2v) is 9.23. The number of amides is 2. The lowest BCUT2D eigenvalue weighted by Crippen LogP contribution is -2.27. The van der Waals surface area contributed by atoms with E-state index in [4.69, 9.17) is 26.4 Å². The van der Waals surface area contributed by atoms with E-state index in [1.54, 1.807) is 36.4 Å². The second-order valence-electron chi connectivity index (χ2n) is 7.56. The van der Waals surface area contributed by atoms with Crippen LogP contribution in [0.4, 0.5) is 11.4 Å². The van der Waals surface area contributed by atoms with Crippen molar-refractivity contribution in [3.8, 4) is 17.2 Å². The molecule has 0 bridgehead atoms. The summed E-state index contributed by atoms with van der Waals surface area (Å²) in [7, 11) is 1.52. The minimum atomic E-state index is -0.287. The molecule has 1 N–H and O–H groups in total. The summed E-state index contributed by atoms with van der Waals surface area (Å²) < 4.78 is 17.0. The third-order valence-electron chi connectivity index (χ3n) is 5.10. The van der Waals surface area contributed by atoms with Gasteiger partial charge in [-0.3, -0.25) is 14.5 Å². The number of thioether (sulfide) groups is 1. The molecule has 9 heteroatoms. The predicted octanol–water partition coefficient (Wildman–Crippen LogP) is 5.52. The average molecular weight is 521 g/mol. The van der Waals surface area contributed by atoms with Crippen molar-refractivity contribution < 1.29 is 23.8 Å². The van der Waals surface area contributed by atoms with Gasteiger partial charge in [-0.05, 0) is 67.1 Å². The van der Waals surface area contributed by atoms with Crippen LogP contribution >= 0.6 is 24.0 Å². The van der Waals surface area contributed by atoms with E-state index in [2.05, 4.69) is 5.32 Å². The van der Waals surface area contributed by atoms with Gasteiger partial charge < -0.3 is 19.5 Å². The SMILES string of the molecule is CCOc1ccc(N2C(=O)/C(=C/c3ccc(OCC(=O)Nc4ccccc4)c(OC)c3)SC2=S)cc1. The minimum Gasteiger partial charge on any atom is -0.494 e. The van der Waals surface area contributed by atoms with Crippen molar-refractivity contribution >= 4 is 57.6 Å². The molecule has 0 aliphatic carbocycles. The number of para-hydroxylation sites is 1. The zero-order chi connectivity index (χ0) is 25.5. The first kappa shape index (κ1) is 25.3. The molecule has 3 aromatic carbocycles. The van der Waals surface area contributed by atoms with Crippen molar-refractivity contribution in [1.29, 1.82) is 0 Å². The van der Waals surface area contributed by atoms with Gasteiger partial charge in [0.2, 0.25) is 0 Å². The maximum Gasteiger partial charge on any atom is 0.270 e. The Morgan fingerprint density at radius 1 is 1.03 bits per heavy atom. The number of rotatable bonds is 9. The molecule has 4 rings (SSSR count). The summed E-state index contributed by atoms with van der Waals surface area (Å²) in [5, 5.41) is 2.77. The number of methoxy groups -OCH3 is 1. The summed E-state index contributed by atoms with van der Waals surface area (Å²) in [4.78, 5) is 27.3. The maximum absolute atomic E-state index is 13.1. The van der Waals surface area contributed by atoms with Crippen LogP contribution in [0.1, 0.15) is 12.5 Å². The molecule has 1 aliphatic rings. The topological polar surface area (TPSA) is 77.1 Å². The summed E-state index contributed by atoms with van der Waals surface area (Å²) in [6.45, 7) is 2.31. The molecule has 1 fully saturated rings. The van der Waals surface area contributed by atoms with Gasteiger partial charge in [-0.1, -0.05) is 48.2 Å². The lowest BCUT2D eigenvalue weighted by atomic mass is 10.1. The number of anilines is 2. The van der Waals surface area contributed by atoms with Gasteiger partial charge in [0, 0.05) is 5.69 Å². The zero-order valence-electron chi connectivity index (χ0n) is 19.7. The Kier molecular flexibility index (Phi) is 8.24. The van der Waals surface area contributed by atoms with Crippen LogP contribution < -0.4 is 24.4 Å². The molecule has 0 atom stereocenters. The van der Waals surface area contributed by atoms with Crippen molar-refractivity contribution in [2.75, 3.05) is 30.5 Å². The number of ether oxygens (including phenoxy) is 3. The Bertz CT molecular complexity index is 1290. The normalized spacial score (nSPS) is 14.2. The van der Waals surface area contributed by atoms with E-state index in [0.717, 1.165) is 11.3 Å². The van der Waals surface area contributed by atoms with E-state index < -0.39 is 0 Å². The van der Waals surface area contributed by atoms with Crippen LogP contribution in [-0.4, -0.2) is 36.5 Å². The highest BCUT2D eigenvalue weighted by atomic mass is 32.2. The first-order valence-electron chi connectivity index (χ1n) is 11.1. The second kappa shape index (κ2) is 11.7. The van der Waals surface area contributed by atoms with Gasteiger partial charge in [0.25, 0.3) is 11.8 Å².